The second kappa shape index (κ2) is 7.07. The number of hydrogen-bond donors (Lipinski definition) is 1. The number of nitrogens with zero attached hydrogens (tertiary/aromatic N) is 4. The predicted octanol–water partition coefficient (Wildman–Crippen LogP) is 3.50. The monoisotopic (exact) mass is 377 g/mol. The SMILES string of the molecule is COc1ccccc1-c1cnn2c(C)c(C(=O)Nc3ccc(F)cc3)nnc12. The zero-order valence-electron chi connectivity index (χ0n) is 15.2. The van der Waals surface area contributed by atoms with Crippen molar-refractivity contribution in [3.63, 3.8) is 0 Å². The van der Waals surface area contributed by atoms with Gasteiger partial charge in [-0.05, 0) is 37.3 Å². The summed E-state index contributed by atoms with van der Waals surface area (Å²) in [6.45, 7) is 1.74. The van der Waals surface area contributed by atoms with Gasteiger partial charge in [0.2, 0.25) is 0 Å². The number of ether oxygens (including phenoxy) is 1. The molecule has 0 radical (unpaired) electrons. The van der Waals surface area contributed by atoms with Crippen LogP contribution in [0, 0.1) is 12.7 Å². The van der Waals surface area contributed by atoms with Gasteiger partial charge in [0.15, 0.2) is 11.3 Å². The molecule has 0 aliphatic heterocycles. The topological polar surface area (TPSA) is 81.4 Å². The fraction of sp³-hybridized carbons (Fsp3) is 0.100. The number of amides is 1. The predicted molar refractivity (Wildman–Crippen MR) is 102 cm³/mol. The molecule has 0 aliphatic rings. The summed E-state index contributed by atoms with van der Waals surface area (Å²) in [5.74, 6) is -0.140. The van der Waals surface area contributed by atoms with Gasteiger partial charge in [0, 0.05) is 11.3 Å². The Hall–Kier alpha value is -3.81. The zero-order chi connectivity index (χ0) is 19.7. The maximum Gasteiger partial charge on any atom is 0.278 e. The second-order valence-electron chi connectivity index (χ2n) is 6.09. The number of aromatic nitrogens is 4. The van der Waals surface area contributed by atoms with Crippen molar-refractivity contribution in [2.45, 2.75) is 6.92 Å². The highest BCUT2D eigenvalue weighted by Gasteiger charge is 2.19. The highest BCUT2D eigenvalue weighted by molar-refractivity contribution is 6.03. The number of nitrogens with one attached hydrogen (secondary N) is 1. The number of fused-ring (bicyclic) bond motifs is 1. The van der Waals surface area contributed by atoms with Crippen LogP contribution in [0.2, 0.25) is 0 Å². The van der Waals surface area contributed by atoms with Gasteiger partial charge in [-0.25, -0.2) is 8.91 Å². The van der Waals surface area contributed by atoms with E-state index in [2.05, 4.69) is 20.6 Å². The van der Waals surface area contributed by atoms with Crippen molar-refractivity contribution < 1.29 is 13.9 Å². The van der Waals surface area contributed by atoms with Crippen LogP contribution in [-0.2, 0) is 0 Å². The standard InChI is InChI=1S/C20H16FN5O2/c1-12-18(20(27)23-14-9-7-13(21)8-10-14)24-25-19-16(11-22-26(12)19)15-5-3-4-6-17(15)28-2/h3-11H,1-2H3,(H,23,27). The van der Waals surface area contributed by atoms with Gasteiger partial charge in [-0.3, -0.25) is 4.79 Å². The van der Waals surface area contributed by atoms with Crippen LogP contribution < -0.4 is 10.1 Å². The minimum Gasteiger partial charge on any atom is -0.496 e. The lowest BCUT2D eigenvalue weighted by atomic mass is 10.1. The highest BCUT2D eigenvalue weighted by Crippen LogP contribution is 2.32. The van der Waals surface area contributed by atoms with Crippen molar-refractivity contribution in [1.29, 1.82) is 0 Å². The summed E-state index contributed by atoms with van der Waals surface area (Å²) in [6, 6.07) is 13.0. The first kappa shape index (κ1) is 17.6. The van der Waals surface area contributed by atoms with E-state index < -0.39 is 5.91 Å². The van der Waals surface area contributed by atoms with E-state index in [-0.39, 0.29) is 11.5 Å². The normalized spacial score (nSPS) is 10.8. The number of carbonyl (C=O) groups excluding carboxylic acids is 1. The fourth-order valence-corrected chi connectivity index (χ4v) is 2.94. The van der Waals surface area contributed by atoms with Gasteiger partial charge in [-0.15, -0.1) is 10.2 Å². The van der Waals surface area contributed by atoms with Crippen LogP contribution in [0.15, 0.2) is 54.7 Å². The summed E-state index contributed by atoms with van der Waals surface area (Å²) in [4.78, 5) is 12.6. The Balaban J connectivity index is 1.72. The first-order chi connectivity index (χ1) is 13.6. The van der Waals surface area contributed by atoms with Crippen molar-refractivity contribution in [1.82, 2.24) is 19.8 Å². The van der Waals surface area contributed by atoms with E-state index in [0.29, 0.717) is 22.8 Å². The lowest BCUT2D eigenvalue weighted by Gasteiger charge is -2.09. The summed E-state index contributed by atoms with van der Waals surface area (Å²) in [6.07, 6.45) is 1.66. The third-order valence-electron chi connectivity index (χ3n) is 4.36. The van der Waals surface area contributed by atoms with Gasteiger partial charge in [-0.1, -0.05) is 18.2 Å². The van der Waals surface area contributed by atoms with Crippen LogP contribution in [0.4, 0.5) is 10.1 Å². The molecule has 0 aliphatic carbocycles. The molecule has 0 bridgehead atoms. The third-order valence-corrected chi connectivity index (χ3v) is 4.36. The van der Waals surface area contributed by atoms with Crippen LogP contribution >= 0.6 is 0 Å². The smallest absolute Gasteiger partial charge is 0.278 e. The quantitative estimate of drug-likeness (QED) is 0.589. The Kier molecular flexibility index (Phi) is 4.44. The summed E-state index contributed by atoms with van der Waals surface area (Å²) in [5, 5.41) is 15.3. The van der Waals surface area contributed by atoms with Crippen molar-refractivity contribution in [3.8, 4) is 16.9 Å². The van der Waals surface area contributed by atoms with Crippen LogP contribution in [0.1, 0.15) is 16.2 Å². The van der Waals surface area contributed by atoms with Crippen molar-refractivity contribution in [2.24, 2.45) is 0 Å². The molecule has 4 rings (SSSR count). The fourth-order valence-electron chi connectivity index (χ4n) is 2.94. The molecule has 7 nitrogen and oxygen atoms in total. The molecule has 4 aromatic rings. The van der Waals surface area contributed by atoms with Gasteiger partial charge >= 0.3 is 0 Å². The number of halogens is 1. The van der Waals surface area contributed by atoms with Gasteiger partial charge in [0.25, 0.3) is 5.91 Å². The van der Waals surface area contributed by atoms with E-state index in [9.17, 15) is 9.18 Å². The van der Waals surface area contributed by atoms with Crippen LogP contribution in [0.25, 0.3) is 16.8 Å². The molecule has 1 amide bonds. The molecule has 140 valence electrons. The summed E-state index contributed by atoms with van der Waals surface area (Å²) in [5.41, 5.74) is 3.22. The van der Waals surface area contributed by atoms with Gasteiger partial charge < -0.3 is 10.1 Å². The first-order valence-electron chi connectivity index (χ1n) is 8.50. The second-order valence-corrected chi connectivity index (χ2v) is 6.09. The molecule has 0 spiro atoms. The minimum atomic E-state index is -0.451. The lowest BCUT2D eigenvalue weighted by Crippen LogP contribution is -2.18. The van der Waals surface area contributed by atoms with E-state index in [1.807, 2.05) is 24.3 Å². The first-order valence-corrected chi connectivity index (χ1v) is 8.50. The van der Waals surface area contributed by atoms with Crippen LogP contribution in [0.3, 0.4) is 0 Å². The van der Waals surface area contributed by atoms with E-state index in [4.69, 9.17) is 4.74 Å². The molecule has 0 atom stereocenters. The van der Waals surface area contributed by atoms with E-state index in [1.54, 1.807) is 24.7 Å². The zero-order valence-corrected chi connectivity index (χ0v) is 15.2. The summed E-state index contributed by atoms with van der Waals surface area (Å²) in [7, 11) is 1.60. The largest absolute Gasteiger partial charge is 0.496 e. The molecule has 0 fully saturated rings. The number of anilines is 1. The molecule has 2 heterocycles. The Morgan fingerprint density at radius 2 is 1.82 bits per heavy atom. The average Bonchev–Trinajstić information content (AvgIpc) is 3.14. The van der Waals surface area contributed by atoms with Gasteiger partial charge in [-0.2, -0.15) is 5.10 Å². The Morgan fingerprint density at radius 3 is 2.57 bits per heavy atom. The molecule has 1 N–H and O–H groups in total. The van der Waals surface area contributed by atoms with E-state index in [0.717, 1.165) is 11.1 Å². The number of benzene rings is 2. The average molecular weight is 377 g/mol. The number of carbonyl (C=O) groups is 1. The molecule has 28 heavy (non-hydrogen) atoms. The molecule has 8 heteroatoms. The van der Waals surface area contributed by atoms with Crippen molar-refractivity contribution in [2.75, 3.05) is 12.4 Å². The van der Waals surface area contributed by atoms with Crippen LogP contribution in [0.5, 0.6) is 5.75 Å². The number of rotatable bonds is 4. The van der Waals surface area contributed by atoms with Gasteiger partial charge in [0.05, 0.1) is 24.6 Å². The Bertz CT molecular complexity index is 1170. The maximum absolute atomic E-state index is 13.0. The minimum absolute atomic E-state index is 0.131. The molecule has 0 saturated heterocycles. The Morgan fingerprint density at radius 1 is 1.07 bits per heavy atom. The third kappa shape index (κ3) is 3.05. The van der Waals surface area contributed by atoms with Crippen molar-refractivity contribution in [3.05, 3.63) is 71.9 Å². The van der Waals surface area contributed by atoms with E-state index in [1.165, 1.54) is 24.3 Å². The Labute approximate surface area is 159 Å². The number of methoxy groups -OCH3 is 1. The molecule has 0 unspecified atom stereocenters. The molecular formula is C20H16FN5O2. The van der Waals surface area contributed by atoms with Crippen LogP contribution in [-0.4, -0.2) is 32.8 Å². The number of para-hydroxylation sites is 1. The molecule has 2 aromatic carbocycles. The molecule has 0 saturated carbocycles. The highest BCUT2D eigenvalue weighted by atomic mass is 19.1. The lowest BCUT2D eigenvalue weighted by molar-refractivity contribution is 0.102. The maximum atomic E-state index is 13.0. The molecule has 2 aromatic heterocycles. The van der Waals surface area contributed by atoms with E-state index >= 15 is 0 Å². The summed E-state index contributed by atoms with van der Waals surface area (Å²) >= 11 is 0. The van der Waals surface area contributed by atoms with Gasteiger partial charge in [0.1, 0.15) is 11.6 Å². The number of hydrogen-bond acceptors (Lipinski definition) is 5. The number of aryl methyl sites for hydroxylation is 1. The van der Waals surface area contributed by atoms with Crippen molar-refractivity contribution >= 4 is 17.2 Å². The molecular weight excluding hydrogens is 361 g/mol. The summed E-state index contributed by atoms with van der Waals surface area (Å²) < 4.78 is 20.0.